The van der Waals surface area contributed by atoms with E-state index < -0.39 is 0 Å². The van der Waals surface area contributed by atoms with Crippen molar-refractivity contribution in [2.24, 2.45) is 0 Å². The quantitative estimate of drug-likeness (QED) is 0.800. The van der Waals surface area contributed by atoms with E-state index in [4.69, 9.17) is 16.9 Å². The Morgan fingerprint density at radius 3 is 3.00 bits per heavy atom. The summed E-state index contributed by atoms with van der Waals surface area (Å²) in [6.45, 7) is 0. The van der Waals surface area contributed by atoms with Crippen LogP contribution in [-0.4, -0.2) is 14.7 Å². The van der Waals surface area contributed by atoms with Crippen LogP contribution in [0.4, 0.5) is 0 Å². The van der Waals surface area contributed by atoms with Gasteiger partial charge in [-0.15, -0.1) is 0 Å². The molecular weight excluding hydrogens is 269 g/mol. The summed E-state index contributed by atoms with van der Waals surface area (Å²) in [6, 6.07) is 1.98. The van der Waals surface area contributed by atoms with Gasteiger partial charge in [0.25, 0.3) is 0 Å². The fourth-order valence-electron chi connectivity index (χ4n) is 1.15. The van der Waals surface area contributed by atoms with Crippen LogP contribution in [0.3, 0.4) is 0 Å². The molecule has 0 unspecified atom stereocenters. The number of nitrogens with zero attached hydrogens (tertiary/aromatic N) is 3. The normalized spacial score (nSPS) is 10.4. The average molecular weight is 272 g/mol. The third kappa shape index (κ3) is 1.15. The number of nitriles is 1. The van der Waals surface area contributed by atoms with E-state index in [1.54, 1.807) is 0 Å². The molecule has 0 aliphatic rings. The summed E-state index contributed by atoms with van der Waals surface area (Å²) in [7, 11) is 0. The summed E-state index contributed by atoms with van der Waals surface area (Å²) in [5.41, 5.74) is 0.953. The van der Waals surface area contributed by atoms with Crippen LogP contribution in [0.25, 0.3) is 5.52 Å². The second kappa shape index (κ2) is 3.15. The zero-order valence-electron chi connectivity index (χ0n) is 6.70. The van der Waals surface area contributed by atoms with Crippen LogP contribution in [-0.2, 0) is 0 Å². The fourth-order valence-corrected chi connectivity index (χ4v) is 1.89. The zero-order chi connectivity index (χ0) is 10.3. The van der Waals surface area contributed by atoms with Crippen molar-refractivity contribution in [3.8, 4) is 11.8 Å². The Morgan fingerprint density at radius 1 is 1.64 bits per heavy atom. The Kier molecular flexibility index (Phi) is 2.10. The Hall–Kier alpha value is -1.25. The molecule has 0 aromatic carbocycles. The van der Waals surface area contributed by atoms with E-state index in [1.165, 1.54) is 16.9 Å². The van der Waals surface area contributed by atoms with Crippen molar-refractivity contribution >= 4 is 33.0 Å². The maximum absolute atomic E-state index is 9.37. The predicted molar refractivity (Wildman–Crippen MR) is 54.3 cm³/mol. The van der Waals surface area contributed by atoms with Gasteiger partial charge < -0.3 is 5.11 Å². The van der Waals surface area contributed by atoms with Gasteiger partial charge in [0.15, 0.2) is 5.75 Å². The molecule has 2 aromatic rings. The molecule has 0 spiro atoms. The molecule has 0 fully saturated rings. The highest BCUT2D eigenvalue weighted by Crippen LogP contribution is 2.35. The molecule has 0 radical (unpaired) electrons. The van der Waals surface area contributed by atoms with Crippen molar-refractivity contribution in [1.29, 1.82) is 5.26 Å². The highest BCUT2D eigenvalue weighted by Gasteiger charge is 2.13. The van der Waals surface area contributed by atoms with E-state index in [0.717, 1.165) is 0 Å². The smallest absolute Gasteiger partial charge is 0.153 e. The van der Waals surface area contributed by atoms with Crippen LogP contribution < -0.4 is 0 Å². The van der Waals surface area contributed by atoms with Gasteiger partial charge in [-0.2, -0.15) is 10.4 Å². The minimum Gasteiger partial charge on any atom is -0.505 e. The summed E-state index contributed by atoms with van der Waals surface area (Å²) < 4.78 is 1.86. The number of pyridine rings is 1. The van der Waals surface area contributed by atoms with Gasteiger partial charge in [-0.25, -0.2) is 4.52 Å². The van der Waals surface area contributed by atoms with Gasteiger partial charge in [0, 0.05) is 0 Å². The lowest BCUT2D eigenvalue weighted by molar-refractivity contribution is 0.470. The molecule has 0 aliphatic heterocycles. The van der Waals surface area contributed by atoms with Crippen LogP contribution in [0.15, 0.2) is 16.9 Å². The largest absolute Gasteiger partial charge is 0.505 e. The SMILES string of the molecule is N#Cc1cnn2cc(O)c(Cl)c(Br)c12. The third-order valence-electron chi connectivity index (χ3n) is 1.79. The summed E-state index contributed by atoms with van der Waals surface area (Å²) in [4.78, 5) is 0. The van der Waals surface area contributed by atoms with Crippen molar-refractivity contribution in [2.45, 2.75) is 0 Å². The van der Waals surface area contributed by atoms with Gasteiger partial charge in [-0.05, 0) is 15.9 Å². The molecular formula is C8H3BrClN3O. The van der Waals surface area contributed by atoms with Gasteiger partial charge in [0.1, 0.15) is 11.1 Å². The third-order valence-corrected chi connectivity index (χ3v) is 3.17. The van der Waals surface area contributed by atoms with Gasteiger partial charge in [-0.1, -0.05) is 11.6 Å². The van der Waals surface area contributed by atoms with Gasteiger partial charge >= 0.3 is 0 Å². The van der Waals surface area contributed by atoms with Gasteiger partial charge in [-0.3, -0.25) is 0 Å². The summed E-state index contributed by atoms with van der Waals surface area (Å²) >= 11 is 8.99. The monoisotopic (exact) mass is 271 g/mol. The summed E-state index contributed by atoms with van der Waals surface area (Å²) in [5.74, 6) is -0.0846. The molecule has 0 saturated heterocycles. The second-order valence-corrected chi connectivity index (χ2v) is 3.78. The maximum atomic E-state index is 9.37. The molecule has 2 rings (SSSR count). The molecule has 2 aromatic heterocycles. The standard InChI is InChI=1S/C8H3BrClN3O/c9-6-7(10)5(14)3-13-8(6)4(1-11)2-12-13/h2-3,14H. The Labute approximate surface area is 92.5 Å². The molecule has 0 atom stereocenters. The molecule has 4 nitrogen and oxygen atoms in total. The highest BCUT2D eigenvalue weighted by atomic mass is 79.9. The molecule has 14 heavy (non-hydrogen) atoms. The summed E-state index contributed by atoms with van der Waals surface area (Å²) in [6.07, 6.45) is 2.76. The first kappa shape index (κ1) is 9.31. The Bertz CT molecular complexity index is 558. The summed E-state index contributed by atoms with van der Waals surface area (Å²) in [5, 5.41) is 22.2. The minimum absolute atomic E-state index is 0.0846. The lowest BCUT2D eigenvalue weighted by Crippen LogP contribution is -1.88. The maximum Gasteiger partial charge on any atom is 0.153 e. The zero-order valence-corrected chi connectivity index (χ0v) is 9.04. The topological polar surface area (TPSA) is 61.3 Å². The van der Waals surface area contributed by atoms with Crippen LogP contribution in [0.5, 0.6) is 5.75 Å². The first-order valence-corrected chi connectivity index (χ1v) is 4.76. The van der Waals surface area contributed by atoms with E-state index in [9.17, 15) is 5.11 Å². The minimum atomic E-state index is -0.0846. The molecule has 0 amide bonds. The number of rotatable bonds is 0. The lowest BCUT2D eigenvalue weighted by Gasteiger charge is -2.02. The number of hydrogen-bond donors (Lipinski definition) is 1. The van der Waals surface area contributed by atoms with E-state index in [2.05, 4.69) is 21.0 Å². The second-order valence-electron chi connectivity index (χ2n) is 2.61. The molecule has 6 heteroatoms. The predicted octanol–water partition coefficient (Wildman–Crippen LogP) is 2.33. The average Bonchev–Trinajstić information content (AvgIpc) is 2.57. The molecule has 2 heterocycles. The number of aromatic nitrogens is 2. The van der Waals surface area contributed by atoms with Crippen LogP contribution in [0.1, 0.15) is 5.56 Å². The Balaban J connectivity index is 2.97. The molecule has 0 aliphatic carbocycles. The van der Waals surface area contributed by atoms with E-state index in [0.29, 0.717) is 15.6 Å². The number of hydrogen-bond acceptors (Lipinski definition) is 3. The molecule has 1 N–H and O–H groups in total. The fraction of sp³-hybridized carbons (Fsp3) is 0. The van der Waals surface area contributed by atoms with Crippen LogP contribution >= 0.6 is 27.5 Å². The van der Waals surface area contributed by atoms with Crippen molar-refractivity contribution in [1.82, 2.24) is 9.61 Å². The first-order valence-electron chi connectivity index (χ1n) is 3.59. The molecule has 0 bridgehead atoms. The molecule has 0 saturated carbocycles. The van der Waals surface area contributed by atoms with Crippen LogP contribution in [0, 0.1) is 11.3 Å². The lowest BCUT2D eigenvalue weighted by atomic mass is 10.3. The van der Waals surface area contributed by atoms with E-state index in [1.807, 2.05) is 6.07 Å². The van der Waals surface area contributed by atoms with Gasteiger partial charge in [0.2, 0.25) is 0 Å². The number of halogens is 2. The van der Waals surface area contributed by atoms with Crippen molar-refractivity contribution in [3.05, 3.63) is 27.5 Å². The van der Waals surface area contributed by atoms with Gasteiger partial charge in [0.05, 0.1) is 27.9 Å². The van der Waals surface area contributed by atoms with Crippen LogP contribution in [0.2, 0.25) is 5.02 Å². The van der Waals surface area contributed by atoms with Crippen molar-refractivity contribution in [2.75, 3.05) is 0 Å². The van der Waals surface area contributed by atoms with E-state index >= 15 is 0 Å². The number of fused-ring (bicyclic) bond motifs is 1. The first-order chi connectivity index (χ1) is 6.65. The van der Waals surface area contributed by atoms with Crippen molar-refractivity contribution < 1.29 is 5.11 Å². The Morgan fingerprint density at radius 2 is 2.36 bits per heavy atom. The van der Waals surface area contributed by atoms with E-state index in [-0.39, 0.29) is 10.8 Å². The molecule has 70 valence electrons. The van der Waals surface area contributed by atoms with Crippen molar-refractivity contribution in [3.63, 3.8) is 0 Å². The number of aromatic hydroxyl groups is 1. The highest BCUT2D eigenvalue weighted by molar-refractivity contribution is 9.10.